The first-order valence-electron chi connectivity index (χ1n) is 6.27. The van der Waals surface area contributed by atoms with Gasteiger partial charge in [0.05, 0.1) is 12.7 Å². The van der Waals surface area contributed by atoms with Crippen LogP contribution in [0.5, 0.6) is 0 Å². The van der Waals surface area contributed by atoms with Gasteiger partial charge in [0.2, 0.25) is 0 Å². The normalized spacial score (nSPS) is 38.4. The molecule has 15 heavy (non-hydrogen) atoms. The molecule has 2 fully saturated rings. The lowest BCUT2D eigenvalue weighted by Crippen LogP contribution is -2.46. The Morgan fingerprint density at radius 1 is 1.40 bits per heavy atom. The van der Waals surface area contributed by atoms with Gasteiger partial charge in [0.1, 0.15) is 0 Å². The summed E-state index contributed by atoms with van der Waals surface area (Å²) in [5.74, 6) is 0.914. The van der Waals surface area contributed by atoms with E-state index < -0.39 is 0 Å². The summed E-state index contributed by atoms with van der Waals surface area (Å²) in [5, 5.41) is 3.65. The van der Waals surface area contributed by atoms with E-state index in [0.717, 1.165) is 38.2 Å². The standard InChI is InChI=1S/C12H24N2O/c1-10-3-4-11(7-10)13-8-12-9-14(2)5-6-15-12/h10-13H,3-9H2,1-2H3/t10-,11-,12-/m1/s1. The van der Waals surface area contributed by atoms with Crippen LogP contribution >= 0.6 is 0 Å². The van der Waals surface area contributed by atoms with E-state index in [4.69, 9.17) is 4.74 Å². The van der Waals surface area contributed by atoms with Crippen molar-refractivity contribution in [3.8, 4) is 0 Å². The van der Waals surface area contributed by atoms with Gasteiger partial charge in [0, 0.05) is 25.7 Å². The van der Waals surface area contributed by atoms with E-state index in [2.05, 4.69) is 24.2 Å². The van der Waals surface area contributed by atoms with E-state index in [1.807, 2.05) is 0 Å². The second kappa shape index (κ2) is 5.28. The largest absolute Gasteiger partial charge is 0.374 e. The molecule has 1 heterocycles. The highest BCUT2D eigenvalue weighted by molar-refractivity contribution is 4.80. The lowest BCUT2D eigenvalue weighted by molar-refractivity contribution is -0.0192. The molecule has 0 amide bonds. The molecule has 2 rings (SSSR count). The molecular formula is C12H24N2O. The minimum absolute atomic E-state index is 0.402. The average Bonchev–Trinajstić information content (AvgIpc) is 2.62. The molecule has 1 saturated carbocycles. The van der Waals surface area contributed by atoms with E-state index in [1.165, 1.54) is 19.3 Å². The van der Waals surface area contributed by atoms with Crippen LogP contribution in [0.1, 0.15) is 26.2 Å². The monoisotopic (exact) mass is 212 g/mol. The number of nitrogens with one attached hydrogen (secondary N) is 1. The zero-order valence-corrected chi connectivity index (χ0v) is 10.0. The molecule has 3 heteroatoms. The van der Waals surface area contributed by atoms with E-state index in [9.17, 15) is 0 Å². The smallest absolute Gasteiger partial charge is 0.0826 e. The maximum atomic E-state index is 5.73. The van der Waals surface area contributed by atoms with Crippen LogP contribution in [-0.4, -0.2) is 50.3 Å². The molecule has 0 aromatic rings. The minimum Gasteiger partial charge on any atom is -0.374 e. The molecule has 0 spiro atoms. The zero-order chi connectivity index (χ0) is 10.7. The van der Waals surface area contributed by atoms with Crippen molar-refractivity contribution in [1.29, 1.82) is 0 Å². The van der Waals surface area contributed by atoms with E-state index in [-0.39, 0.29) is 0 Å². The van der Waals surface area contributed by atoms with Crippen LogP contribution in [0.2, 0.25) is 0 Å². The molecule has 0 radical (unpaired) electrons. The molecule has 3 nitrogen and oxygen atoms in total. The maximum absolute atomic E-state index is 5.73. The topological polar surface area (TPSA) is 24.5 Å². The molecule has 1 saturated heterocycles. The van der Waals surface area contributed by atoms with Crippen LogP contribution in [0.25, 0.3) is 0 Å². The lowest BCUT2D eigenvalue weighted by atomic mass is 10.1. The Hall–Kier alpha value is -0.120. The SMILES string of the molecule is C[C@@H]1CC[C@@H](NC[C@@H]2CN(C)CCO2)C1. The van der Waals surface area contributed by atoms with E-state index in [0.29, 0.717) is 6.10 Å². The van der Waals surface area contributed by atoms with Gasteiger partial charge in [-0.15, -0.1) is 0 Å². The Kier molecular flexibility index (Phi) is 4.00. The number of morpholine rings is 1. The predicted octanol–water partition coefficient (Wildman–Crippen LogP) is 1.10. The first-order chi connectivity index (χ1) is 7.24. The van der Waals surface area contributed by atoms with Gasteiger partial charge < -0.3 is 15.0 Å². The number of rotatable bonds is 3. The summed E-state index contributed by atoms with van der Waals surface area (Å²) in [5.41, 5.74) is 0. The van der Waals surface area contributed by atoms with Crippen LogP contribution in [0.3, 0.4) is 0 Å². The highest BCUT2D eigenvalue weighted by atomic mass is 16.5. The number of ether oxygens (including phenoxy) is 1. The van der Waals surface area contributed by atoms with Crippen molar-refractivity contribution < 1.29 is 4.74 Å². The van der Waals surface area contributed by atoms with Crippen molar-refractivity contribution in [3.63, 3.8) is 0 Å². The molecule has 2 aliphatic rings. The number of likely N-dealkylation sites (N-methyl/N-ethyl adjacent to an activating group) is 1. The molecule has 0 bridgehead atoms. The molecule has 0 unspecified atom stereocenters. The van der Waals surface area contributed by atoms with Crippen molar-refractivity contribution in [1.82, 2.24) is 10.2 Å². The average molecular weight is 212 g/mol. The van der Waals surface area contributed by atoms with Crippen molar-refractivity contribution in [2.24, 2.45) is 5.92 Å². The number of nitrogens with zero attached hydrogens (tertiary/aromatic N) is 1. The first-order valence-corrected chi connectivity index (χ1v) is 6.27. The van der Waals surface area contributed by atoms with Crippen molar-refractivity contribution in [2.45, 2.75) is 38.3 Å². The molecule has 0 aromatic heterocycles. The minimum atomic E-state index is 0.402. The predicted molar refractivity (Wildman–Crippen MR) is 62.0 cm³/mol. The molecule has 88 valence electrons. The lowest BCUT2D eigenvalue weighted by Gasteiger charge is -2.31. The van der Waals surface area contributed by atoms with Crippen molar-refractivity contribution in [3.05, 3.63) is 0 Å². The third-order valence-corrected chi connectivity index (χ3v) is 3.67. The Labute approximate surface area is 93.2 Å². The van der Waals surface area contributed by atoms with Crippen molar-refractivity contribution >= 4 is 0 Å². The third kappa shape index (κ3) is 3.44. The van der Waals surface area contributed by atoms with Crippen LogP contribution in [-0.2, 0) is 4.74 Å². The van der Waals surface area contributed by atoms with E-state index in [1.54, 1.807) is 0 Å². The van der Waals surface area contributed by atoms with Gasteiger partial charge in [-0.3, -0.25) is 0 Å². The Balaban J connectivity index is 1.64. The molecule has 1 aliphatic carbocycles. The van der Waals surface area contributed by atoms with Crippen LogP contribution in [0.4, 0.5) is 0 Å². The van der Waals surface area contributed by atoms with Gasteiger partial charge in [0.25, 0.3) is 0 Å². The van der Waals surface area contributed by atoms with E-state index >= 15 is 0 Å². The highest BCUT2D eigenvalue weighted by Gasteiger charge is 2.23. The highest BCUT2D eigenvalue weighted by Crippen LogP contribution is 2.24. The van der Waals surface area contributed by atoms with Gasteiger partial charge in [0.15, 0.2) is 0 Å². The van der Waals surface area contributed by atoms with Crippen molar-refractivity contribution in [2.75, 3.05) is 33.3 Å². The first kappa shape index (κ1) is 11.4. The molecular weight excluding hydrogens is 188 g/mol. The summed E-state index contributed by atoms with van der Waals surface area (Å²) in [7, 11) is 2.17. The van der Waals surface area contributed by atoms with Gasteiger partial charge in [-0.25, -0.2) is 0 Å². The Morgan fingerprint density at radius 3 is 2.93 bits per heavy atom. The summed E-state index contributed by atoms with van der Waals surface area (Å²) < 4.78 is 5.73. The summed E-state index contributed by atoms with van der Waals surface area (Å²) >= 11 is 0. The van der Waals surface area contributed by atoms with Crippen LogP contribution in [0, 0.1) is 5.92 Å². The Bertz CT molecular complexity index is 198. The molecule has 1 N–H and O–H groups in total. The Morgan fingerprint density at radius 2 is 2.27 bits per heavy atom. The fourth-order valence-electron chi connectivity index (χ4n) is 2.68. The van der Waals surface area contributed by atoms with Crippen LogP contribution < -0.4 is 5.32 Å². The zero-order valence-electron chi connectivity index (χ0n) is 10.0. The number of hydrogen-bond acceptors (Lipinski definition) is 3. The summed E-state index contributed by atoms with van der Waals surface area (Å²) in [6.45, 7) is 6.43. The molecule has 0 aromatic carbocycles. The van der Waals surface area contributed by atoms with Gasteiger partial charge in [-0.1, -0.05) is 6.92 Å². The second-order valence-corrected chi connectivity index (χ2v) is 5.28. The third-order valence-electron chi connectivity index (χ3n) is 3.67. The quantitative estimate of drug-likeness (QED) is 0.758. The van der Waals surface area contributed by atoms with Gasteiger partial charge in [-0.05, 0) is 32.2 Å². The summed E-state index contributed by atoms with van der Waals surface area (Å²) in [6.07, 6.45) is 4.50. The number of hydrogen-bond donors (Lipinski definition) is 1. The van der Waals surface area contributed by atoms with Gasteiger partial charge >= 0.3 is 0 Å². The fraction of sp³-hybridized carbons (Fsp3) is 1.00. The maximum Gasteiger partial charge on any atom is 0.0826 e. The molecule has 1 aliphatic heterocycles. The fourth-order valence-corrected chi connectivity index (χ4v) is 2.68. The van der Waals surface area contributed by atoms with Gasteiger partial charge in [-0.2, -0.15) is 0 Å². The summed E-state index contributed by atoms with van der Waals surface area (Å²) in [6, 6.07) is 0.746. The molecule has 3 atom stereocenters. The second-order valence-electron chi connectivity index (χ2n) is 5.28. The van der Waals surface area contributed by atoms with Crippen LogP contribution in [0.15, 0.2) is 0 Å². The summed E-state index contributed by atoms with van der Waals surface area (Å²) in [4.78, 5) is 2.35.